The van der Waals surface area contributed by atoms with Gasteiger partial charge in [-0.2, -0.15) is 0 Å². The number of hydrogen-bond acceptors (Lipinski definition) is 5. The Balaban J connectivity index is 1.50. The van der Waals surface area contributed by atoms with E-state index in [-0.39, 0.29) is 23.7 Å². The topological polar surface area (TPSA) is 104 Å². The maximum atomic E-state index is 12.9. The van der Waals surface area contributed by atoms with Crippen LogP contribution in [0, 0.1) is 0 Å². The summed E-state index contributed by atoms with van der Waals surface area (Å²) in [5.41, 5.74) is 2.76. The van der Waals surface area contributed by atoms with Gasteiger partial charge < -0.3 is 15.6 Å². The molecular formula is C24H24N4O3S. The Morgan fingerprint density at radius 3 is 2.56 bits per heavy atom. The summed E-state index contributed by atoms with van der Waals surface area (Å²) in [6.45, 7) is 2.05. The highest BCUT2D eigenvalue weighted by Crippen LogP contribution is 2.30. The van der Waals surface area contributed by atoms with Crippen molar-refractivity contribution >= 4 is 35.1 Å². The molecule has 32 heavy (non-hydrogen) atoms. The standard InChI is InChI=1S/C24H24N4O3S/c1-2-15-8-10-17(11-9-15)25-22(30)18-14-19(29)26-21-20(18)23(31)28-24(27-21)32-13-12-16-6-4-3-5-7-16/h3-11,18H,2,12-14H2,1H3,(H,25,30)(H2,26,27,28,29,31)/t18-/m0/s1. The molecule has 1 aliphatic heterocycles. The maximum absolute atomic E-state index is 12.9. The summed E-state index contributed by atoms with van der Waals surface area (Å²) < 4.78 is 0. The summed E-state index contributed by atoms with van der Waals surface area (Å²) >= 11 is 1.40. The number of amides is 2. The Bertz CT molecular complexity index is 1180. The Morgan fingerprint density at radius 2 is 1.84 bits per heavy atom. The molecule has 2 amide bonds. The van der Waals surface area contributed by atoms with E-state index in [0.717, 1.165) is 24.2 Å². The van der Waals surface area contributed by atoms with E-state index < -0.39 is 17.4 Å². The number of H-pyrrole nitrogens is 1. The Hall–Kier alpha value is -3.39. The second-order valence-corrected chi connectivity index (χ2v) is 8.65. The monoisotopic (exact) mass is 448 g/mol. The van der Waals surface area contributed by atoms with Crippen LogP contribution >= 0.6 is 11.8 Å². The molecule has 7 nitrogen and oxygen atoms in total. The highest BCUT2D eigenvalue weighted by Gasteiger charge is 2.34. The van der Waals surface area contributed by atoms with Crippen molar-refractivity contribution in [3.05, 3.63) is 81.6 Å². The van der Waals surface area contributed by atoms with Crippen LogP contribution in [0.3, 0.4) is 0 Å². The first-order chi connectivity index (χ1) is 15.5. The van der Waals surface area contributed by atoms with E-state index in [1.165, 1.54) is 17.3 Å². The van der Waals surface area contributed by atoms with Gasteiger partial charge in [0.15, 0.2) is 5.16 Å². The predicted octanol–water partition coefficient (Wildman–Crippen LogP) is 3.73. The fourth-order valence-corrected chi connectivity index (χ4v) is 4.46. The van der Waals surface area contributed by atoms with Gasteiger partial charge in [0.25, 0.3) is 5.56 Å². The second kappa shape index (κ2) is 9.82. The highest BCUT2D eigenvalue weighted by molar-refractivity contribution is 7.99. The maximum Gasteiger partial charge on any atom is 0.257 e. The lowest BCUT2D eigenvalue weighted by Gasteiger charge is -2.23. The van der Waals surface area contributed by atoms with Gasteiger partial charge >= 0.3 is 0 Å². The van der Waals surface area contributed by atoms with Crippen LogP contribution in [-0.4, -0.2) is 27.5 Å². The van der Waals surface area contributed by atoms with Crippen LogP contribution in [0.4, 0.5) is 11.5 Å². The lowest BCUT2D eigenvalue weighted by molar-refractivity contribution is -0.123. The summed E-state index contributed by atoms with van der Waals surface area (Å²) in [6, 6.07) is 17.5. The number of fused-ring (bicyclic) bond motifs is 1. The second-order valence-electron chi connectivity index (χ2n) is 7.56. The highest BCUT2D eigenvalue weighted by atomic mass is 32.2. The molecule has 0 saturated heterocycles. The van der Waals surface area contributed by atoms with E-state index in [4.69, 9.17) is 0 Å². The minimum atomic E-state index is -0.899. The minimum absolute atomic E-state index is 0.100. The van der Waals surface area contributed by atoms with E-state index in [1.54, 1.807) is 0 Å². The Labute approximate surface area is 190 Å². The molecule has 164 valence electrons. The van der Waals surface area contributed by atoms with E-state index in [1.807, 2.05) is 54.6 Å². The van der Waals surface area contributed by atoms with E-state index in [2.05, 4.69) is 27.5 Å². The molecule has 0 aliphatic carbocycles. The quantitative estimate of drug-likeness (QED) is 0.377. The number of thioether (sulfide) groups is 1. The molecule has 4 rings (SSSR count). The molecule has 1 aromatic heterocycles. The van der Waals surface area contributed by atoms with Crippen LogP contribution in [0.25, 0.3) is 0 Å². The van der Waals surface area contributed by atoms with Gasteiger partial charge in [-0.25, -0.2) is 4.98 Å². The summed E-state index contributed by atoms with van der Waals surface area (Å²) in [4.78, 5) is 45.2. The molecule has 3 aromatic rings. The number of carbonyl (C=O) groups excluding carboxylic acids is 2. The van der Waals surface area contributed by atoms with Gasteiger partial charge in [-0.3, -0.25) is 14.4 Å². The number of anilines is 2. The number of nitrogens with one attached hydrogen (secondary N) is 3. The van der Waals surface area contributed by atoms with Crippen molar-refractivity contribution in [1.29, 1.82) is 0 Å². The molecule has 8 heteroatoms. The molecule has 0 saturated carbocycles. The van der Waals surface area contributed by atoms with Crippen molar-refractivity contribution in [1.82, 2.24) is 9.97 Å². The zero-order chi connectivity index (χ0) is 22.5. The summed E-state index contributed by atoms with van der Waals surface area (Å²) in [7, 11) is 0. The molecule has 0 fully saturated rings. The number of carbonyl (C=O) groups is 2. The molecule has 0 radical (unpaired) electrons. The number of aromatic amines is 1. The van der Waals surface area contributed by atoms with Gasteiger partial charge in [-0.15, -0.1) is 0 Å². The molecule has 0 unspecified atom stereocenters. The van der Waals surface area contributed by atoms with Crippen molar-refractivity contribution in [2.45, 2.75) is 37.3 Å². The third-order valence-electron chi connectivity index (χ3n) is 5.35. The largest absolute Gasteiger partial charge is 0.326 e. The van der Waals surface area contributed by atoms with Crippen molar-refractivity contribution in [2.24, 2.45) is 0 Å². The zero-order valence-electron chi connectivity index (χ0n) is 17.7. The van der Waals surface area contributed by atoms with Crippen molar-refractivity contribution < 1.29 is 9.59 Å². The third kappa shape index (κ3) is 5.08. The first-order valence-electron chi connectivity index (χ1n) is 10.5. The van der Waals surface area contributed by atoms with Gasteiger partial charge in [-0.05, 0) is 36.1 Å². The molecule has 1 aliphatic rings. The number of benzene rings is 2. The predicted molar refractivity (Wildman–Crippen MR) is 126 cm³/mol. The van der Waals surface area contributed by atoms with Crippen molar-refractivity contribution in [3.8, 4) is 0 Å². The zero-order valence-corrected chi connectivity index (χ0v) is 18.5. The van der Waals surface area contributed by atoms with E-state index in [0.29, 0.717) is 10.8 Å². The fraction of sp³-hybridized carbons (Fsp3) is 0.250. The number of rotatable bonds is 7. The average molecular weight is 449 g/mol. The van der Waals surface area contributed by atoms with E-state index >= 15 is 0 Å². The van der Waals surface area contributed by atoms with Gasteiger partial charge in [0.1, 0.15) is 5.82 Å². The van der Waals surface area contributed by atoms with Crippen LogP contribution in [-0.2, 0) is 22.4 Å². The van der Waals surface area contributed by atoms with Gasteiger partial charge in [0.05, 0.1) is 11.5 Å². The smallest absolute Gasteiger partial charge is 0.257 e. The minimum Gasteiger partial charge on any atom is -0.326 e. The lowest BCUT2D eigenvalue weighted by atomic mass is 9.92. The summed E-state index contributed by atoms with van der Waals surface area (Å²) in [6.07, 6.45) is 1.62. The van der Waals surface area contributed by atoms with Crippen molar-refractivity contribution in [3.63, 3.8) is 0 Å². The summed E-state index contributed by atoms with van der Waals surface area (Å²) in [5.74, 6) is -0.755. The van der Waals surface area contributed by atoms with Crippen LogP contribution < -0.4 is 16.2 Å². The van der Waals surface area contributed by atoms with Gasteiger partial charge in [0.2, 0.25) is 11.8 Å². The molecule has 3 N–H and O–H groups in total. The van der Waals surface area contributed by atoms with Crippen LogP contribution in [0.1, 0.15) is 36.0 Å². The fourth-order valence-electron chi connectivity index (χ4n) is 3.61. The van der Waals surface area contributed by atoms with Gasteiger partial charge in [-0.1, -0.05) is 61.2 Å². The average Bonchev–Trinajstić information content (AvgIpc) is 2.79. The summed E-state index contributed by atoms with van der Waals surface area (Å²) in [5, 5.41) is 5.88. The van der Waals surface area contributed by atoms with Crippen LogP contribution in [0.15, 0.2) is 64.5 Å². The number of nitrogens with zero attached hydrogens (tertiary/aromatic N) is 1. The molecule has 2 aromatic carbocycles. The first-order valence-corrected chi connectivity index (χ1v) is 11.5. The third-order valence-corrected chi connectivity index (χ3v) is 6.22. The number of hydrogen-bond donors (Lipinski definition) is 3. The molecule has 1 atom stereocenters. The molecule has 0 bridgehead atoms. The number of aromatic nitrogens is 2. The number of aryl methyl sites for hydroxylation is 2. The van der Waals surface area contributed by atoms with E-state index in [9.17, 15) is 14.4 Å². The Morgan fingerprint density at radius 1 is 1.09 bits per heavy atom. The normalized spacial score (nSPS) is 15.0. The molecular weight excluding hydrogens is 424 g/mol. The molecule has 2 heterocycles. The van der Waals surface area contributed by atoms with Crippen molar-refractivity contribution in [2.75, 3.05) is 16.4 Å². The first kappa shape index (κ1) is 21.8. The SMILES string of the molecule is CCc1ccc(NC(=O)[C@H]2CC(=O)Nc3nc(SCCc4ccccc4)[nH]c(=O)c32)cc1. The lowest BCUT2D eigenvalue weighted by Crippen LogP contribution is -2.36. The van der Waals surface area contributed by atoms with Gasteiger partial charge in [0, 0.05) is 17.9 Å². The van der Waals surface area contributed by atoms with Crippen LogP contribution in [0.2, 0.25) is 0 Å². The molecule has 0 spiro atoms. The Kier molecular flexibility index (Phi) is 6.70. The van der Waals surface area contributed by atoms with Crippen LogP contribution in [0.5, 0.6) is 0 Å².